The zero-order valence-electron chi connectivity index (χ0n) is 15.2. The van der Waals surface area contributed by atoms with Crippen LogP contribution in [0.4, 0.5) is 4.39 Å². The summed E-state index contributed by atoms with van der Waals surface area (Å²) in [4.78, 5) is 23.2. The van der Waals surface area contributed by atoms with Gasteiger partial charge in [-0.25, -0.2) is 9.07 Å². The molecule has 2 aromatic rings. The number of hydrogen-bond acceptors (Lipinski definition) is 3. The molecule has 2 amide bonds. The molecule has 2 N–H and O–H groups in total. The highest BCUT2D eigenvalue weighted by molar-refractivity contribution is 5.83. The van der Waals surface area contributed by atoms with Crippen LogP contribution in [-0.4, -0.2) is 28.1 Å². The van der Waals surface area contributed by atoms with Crippen LogP contribution >= 0.6 is 0 Å². The topological polar surface area (TPSA) is 76.0 Å². The molecule has 1 atom stereocenters. The first-order valence-electron chi connectivity index (χ1n) is 8.62. The van der Waals surface area contributed by atoms with E-state index in [0.29, 0.717) is 0 Å². The number of rotatable bonds is 4. The molecule has 0 fully saturated rings. The number of hydrogen-bond donors (Lipinski definition) is 2. The van der Waals surface area contributed by atoms with E-state index >= 15 is 0 Å². The van der Waals surface area contributed by atoms with Crippen molar-refractivity contribution in [2.75, 3.05) is 6.54 Å². The molecule has 26 heavy (non-hydrogen) atoms. The minimum absolute atomic E-state index is 0.0310. The molecule has 1 aromatic heterocycles. The van der Waals surface area contributed by atoms with E-state index in [-0.39, 0.29) is 35.6 Å². The molecule has 0 unspecified atom stereocenters. The molecule has 0 bridgehead atoms. The maximum absolute atomic E-state index is 13.2. The van der Waals surface area contributed by atoms with Gasteiger partial charge in [0, 0.05) is 12.5 Å². The summed E-state index contributed by atoms with van der Waals surface area (Å²) < 4.78 is 15.0. The van der Waals surface area contributed by atoms with E-state index in [4.69, 9.17) is 0 Å². The smallest absolute Gasteiger partial charge is 0.239 e. The Morgan fingerprint density at radius 2 is 2.00 bits per heavy atom. The molecule has 7 heteroatoms. The Morgan fingerprint density at radius 3 is 2.65 bits per heavy atom. The molecule has 3 rings (SSSR count). The highest BCUT2D eigenvalue weighted by Crippen LogP contribution is 2.41. The molecule has 0 aliphatic heterocycles. The number of aromatic nitrogens is 2. The Hall–Kier alpha value is -2.70. The Labute approximate surface area is 151 Å². The van der Waals surface area contributed by atoms with E-state index < -0.39 is 0 Å². The summed E-state index contributed by atoms with van der Waals surface area (Å²) in [5.41, 5.74) is 2.73. The lowest BCUT2D eigenvalue weighted by Crippen LogP contribution is -2.41. The Kier molecular flexibility index (Phi) is 4.80. The maximum atomic E-state index is 13.2. The van der Waals surface area contributed by atoms with Crippen molar-refractivity contribution in [2.24, 2.45) is 5.41 Å². The normalized spacial score (nSPS) is 18.1. The predicted molar refractivity (Wildman–Crippen MR) is 95.2 cm³/mol. The first-order valence-corrected chi connectivity index (χ1v) is 8.62. The number of carbonyl (C=O) groups is 2. The number of carbonyl (C=O) groups excluding carboxylic acids is 2. The Balaban J connectivity index is 1.88. The standard InChI is InChI=1S/C19H23FN4O2/c1-12(25)21-11-18(26)23-16-8-19(2,3)9-17-15(16)10-22-24(17)14-6-4-13(20)5-7-14/h4-7,10,16H,8-9,11H2,1-3H3,(H,21,25)(H,23,26)/t16-/m1/s1. The van der Waals surface area contributed by atoms with Gasteiger partial charge in [-0.2, -0.15) is 5.10 Å². The number of halogens is 1. The molecule has 0 radical (unpaired) electrons. The lowest BCUT2D eigenvalue weighted by molar-refractivity contribution is -0.125. The van der Waals surface area contributed by atoms with Crippen LogP contribution in [0, 0.1) is 11.2 Å². The third kappa shape index (κ3) is 3.92. The summed E-state index contributed by atoms with van der Waals surface area (Å²) >= 11 is 0. The van der Waals surface area contributed by atoms with Gasteiger partial charge in [0.25, 0.3) is 0 Å². The molecule has 0 spiro atoms. The van der Waals surface area contributed by atoms with E-state index in [1.54, 1.807) is 18.3 Å². The zero-order chi connectivity index (χ0) is 18.9. The van der Waals surface area contributed by atoms with Crippen LogP contribution in [0.3, 0.4) is 0 Å². The fourth-order valence-electron chi connectivity index (χ4n) is 3.43. The lowest BCUT2D eigenvalue weighted by atomic mass is 9.74. The van der Waals surface area contributed by atoms with Gasteiger partial charge in [-0.3, -0.25) is 9.59 Å². The van der Waals surface area contributed by atoms with Crippen molar-refractivity contribution in [3.05, 3.63) is 47.5 Å². The third-order valence-electron chi connectivity index (χ3n) is 4.58. The molecule has 1 heterocycles. The summed E-state index contributed by atoms with van der Waals surface area (Å²) in [6.45, 7) is 5.62. The average molecular weight is 358 g/mol. The fourth-order valence-corrected chi connectivity index (χ4v) is 3.43. The molecular formula is C19H23FN4O2. The van der Waals surface area contributed by atoms with Gasteiger partial charge in [-0.05, 0) is 42.5 Å². The van der Waals surface area contributed by atoms with Gasteiger partial charge in [0.1, 0.15) is 5.82 Å². The van der Waals surface area contributed by atoms with Gasteiger partial charge in [0.2, 0.25) is 11.8 Å². The van der Waals surface area contributed by atoms with Crippen molar-refractivity contribution in [2.45, 2.75) is 39.7 Å². The quantitative estimate of drug-likeness (QED) is 0.880. The monoisotopic (exact) mass is 358 g/mol. The first kappa shape index (κ1) is 18.1. The Bertz CT molecular complexity index is 827. The average Bonchev–Trinajstić information content (AvgIpc) is 2.96. The van der Waals surface area contributed by atoms with Crippen LogP contribution in [0.15, 0.2) is 30.5 Å². The van der Waals surface area contributed by atoms with Crippen LogP contribution in [0.1, 0.15) is 44.5 Å². The Morgan fingerprint density at radius 1 is 1.31 bits per heavy atom. The van der Waals surface area contributed by atoms with Gasteiger partial charge >= 0.3 is 0 Å². The van der Waals surface area contributed by atoms with Gasteiger partial charge < -0.3 is 10.6 Å². The van der Waals surface area contributed by atoms with Gasteiger partial charge in [0.15, 0.2) is 0 Å². The maximum Gasteiger partial charge on any atom is 0.239 e. The summed E-state index contributed by atoms with van der Waals surface area (Å²) in [5.74, 6) is -0.768. The number of nitrogens with zero attached hydrogens (tertiary/aromatic N) is 2. The van der Waals surface area contributed by atoms with Crippen molar-refractivity contribution in [3.8, 4) is 5.69 Å². The predicted octanol–water partition coefficient (Wildman–Crippen LogP) is 2.28. The highest BCUT2D eigenvalue weighted by atomic mass is 19.1. The van der Waals surface area contributed by atoms with Crippen LogP contribution in [0.25, 0.3) is 5.69 Å². The molecule has 6 nitrogen and oxygen atoms in total. The molecular weight excluding hydrogens is 335 g/mol. The van der Waals surface area contributed by atoms with Crippen molar-refractivity contribution in [3.63, 3.8) is 0 Å². The summed E-state index contributed by atoms with van der Waals surface area (Å²) in [6, 6.07) is 6.02. The summed E-state index contributed by atoms with van der Waals surface area (Å²) in [5, 5.41) is 9.97. The minimum Gasteiger partial charge on any atom is -0.348 e. The van der Waals surface area contributed by atoms with Gasteiger partial charge in [0.05, 0.1) is 30.2 Å². The van der Waals surface area contributed by atoms with Gasteiger partial charge in [-0.15, -0.1) is 0 Å². The second-order valence-corrected chi connectivity index (χ2v) is 7.51. The van der Waals surface area contributed by atoms with Crippen LogP contribution in [0.2, 0.25) is 0 Å². The largest absolute Gasteiger partial charge is 0.348 e. The minimum atomic E-state index is -0.293. The van der Waals surface area contributed by atoms with Crippen LogP contribution < -0.4 is 10.6 Å². The molecule has 1 aliphatic carbocycles. The van der Waals surface area contributed by atoms with E-state index in [1.807, 2.05) is 4.68 Å². The zero-order valence-corrected chi connectivity index (χ0v) is 15.2. The molecule has 0 saturated heterocycles. The molecule has 1 aromatic carbocycles. The fraction of sp³-hybridized carbons (Fsp3) is 0.421. The number of benzene rings is 1. The van der Waals surface area contributed by atoms with E-state index in [9.17, 15) is 14.0 Å². The summed E-state index contributed by atoms with van der Waals surface area (Å²) in [7, 11) is 0. The second kappa shape index (κ2) is 6.90. The first-order chi connectivity index (χ1) is 12.2. The van der Waals surface area contributed by atoms with E-state index in [0.717, 1.165) is 29.8 Å². The summed E-state index contributed by atoms with van der Waals surface area (Å²) in [6.07, 6.45) is 3.34. The van der Waals surface area contributed by atoms with Crippen molar-refractivity contribution < 1.29 is 14.0 Å². The van der Waals surface area contributed by atoms with E-state index in [2.05, 4.69) is 29.6 Å². The van der Waals surface area contributed by atoms with E-state index in [1.165, 1.54) is 19.1 Å². The molecule has 1 aliphatic rings. The van der Waals surface area contributed by atoms with Gasteiger partial charge in [-0.1, -0.05) is 13.8 Å². The van der Waals surface area contributed by atoms with Crippen LogP contribution in [-0.2, 0) is 16.0 Å². The second-order valence-electron chi connectivity index (χ2n) is 7.51. The van der Waals surface area contributed by atoms with Crippen molar-refractivity contribution >= 4 is 11.8 Å². The molecule has 138 valence electrons. The van der Waals surface area contributed by atoms with Crippen molar-refractivity contribution in [1.29, 1.82) is 0 Å². The number of amides is 2. The van der Waals surface area contributed by atoms with Crippen molar-refractivity contribution in [1.82, 2.24) is 20.4 Å². The van der Waals surface area contributed by atoms with Crippen LogP contribution in [0.5, 0.6) is 0 Å². The molecule has 0 saturated carbocycles. The highest BCUT2D eigenvalue weighted by Gasteiger charge is 2.36. The lowest BCUT2D eigenvalue weighted by Gasteiger charge is -2.36. The SMILES string of the molecule is CC(=O)NCC(=O)N[C@@H]1CC(C)(C)Cc2c1cnn2-c1ccc(F)cc1. The third-order valence-corrected chi connectivity index (χ3v) is 4.58. The number of fused-ring (bicyclic) bond motifs is 1. The number of nitrogens with one attached hydrogen (secondary N) is 2.